The minimum absolute atomic E-state index is 0.505. The van der Waals surface area contributed by atoms with Crippen molar-refractivity contribution in [2.75, 3.05) is 6.61 Å². The molecule has 0 aliphatic rings. The van der Waals surface area contributed by atoms with E-state index >= 15 is 0 Å². The Morgan fingerprint density at radius 3 is 2.86 bits per heavy atom. The van der Waals surface area contributed by atoms with E-state index in [2.05, 4.69) is 5.92 Å². The van der Waals surface area contributed by atoms with Gasteiger partial charge in [0.2, 0.25) is 0 Å². The second-order valence-electron chi connectivity index (χ2n) is 2.97. The van der Waals surface area contributed by atoms with E-state index in [1.165, 1.54) is 0 Å². The van der Waals surface area contributed by atoms with Crippen molar-refractivity contribution in [3.63, 3.8) is 0 Å². The van der Waals surface area contributed by atoms with Crippen molar-refractivity contribution in [2.24, 2.45) is 5.73 Å². The zero-order chi connectivity index (χ0) is 10.2. The van der Waals surface area contributed by atoms with Crippen molar-refractivity contribution < 1.29 is 4.74 Å². The van der Waals surface area contributed by atoms with Crippen LogP contribution in [0.25, 0.3) is 0 Å². The van der Waals surface area contributed by atoms with Gasteiger partial charge in [-0.3, -0.25) is 0 Å². The molecular formula is C12H15NO. The number of hydrogen-bond acceptors (Lipinski definition) is 2. The molecule has 0 aromatic heterocycles. The Labute approximate surface area is 85.1 Å². The molecule has 0 spiro atoms. The molecule has 1 aromatic carbocycles. The smallest absolute Gasteiger partial charge is 0.123 e. The summed E-state index contributed by atoms with van der Waals surface area (Å²) < 4.78 is 5.55. The van der Waals surface area contributed by atoms with Crippen LogP contribution in [0.2, 0.25) is 0 Å². The first kappa shape index (κ1) is 10.6. The van der Waals surface area contributed by atoms with Gasteiger partial charge in [0.05, 0.1) is 6.61 Å². The Morgan fingerprint density at radius 1 is 1.36 bits per heavy atom. The summed E-state index contributed by atoms with van der Waals surface area (Å²) in [5.41, 5.74) is 6.60. The molecule has 0 fully saturated rings. The Morgan fingerprint density at radius 2 is 2.14 bits per heavy atom. The van der Waals surface area contributed by atoms with Crippen LogP contribution in [0, 0.1) is 12.3 Å². The first-order valence-electron chi connectivity index (χ1n) is 4.72. The lowest BCUT2D eigenvalue weighted by molar-refractivity contribution is 0.310. The zero-order valence-corrected chi connectivity index (χ0v) is 8.20. The molecule has 2 heteroatoms. The van der Waals surface area contributed by atoms with Crippen LogP contribution in [0.4, 0.5) is 0 Å². The molecule has 0 bridgehead atoms. The van der Waals surface area contributed by atoms with E-state index in [9.17, 15) is 0 Å². The molecule has 0 amide bonds. The SMILES string of the molecule is C#CCCCOc1ccccc1CN. The molecule has 0 heterocycles. The molecule has 1 rings (SSSR count). The summed E-state index contributed by atoms with van der Waals surface area (Å²) in [6.07, 6.45) is 6.78. The van der Waals surface area contributed by atoms with Crippen LogP contribution in [-0.4, -0.2) is 6.61 Å². The summed E-state index contributed by atoms with van der Waals surface area (Å²) in [6.45, 7) is 1.16. The van der Waals surface area contributed by atoms with Crippen LogP contribution < -0.4 is 10.5 Å². The van der Waals surface area contributed by atoms with Crippen molar-refractivity contribution >= 4 is 0 Å². The third kappa shape index (κ3) is 3.12. The molecule has 0 radical (unpaired) electrons. The minimum atomic E-state index is 0.505. The topological polar surface area (TPSA) is 35.2 Å². The Balaban J connectivity index is 2.46. The molecule has 2 nitrogen and oxygen atoms in total. The van der Waals surface area contributed by atoms with Gasteiger partial charge in [0.25, 0.3) is 0 Å². The molecular weight excluding hydrogens is 174 g/mol. The van der Waals surface area contributed by atoms with Crippen LogP contribution in [0.3, 0.4) is 0 Å². The van der Waals surface area contributed by atoms with Crippen LogP contribution in [-0.2, 0) is 6.54 Å². The van der Waals surface area contributed by atoms with Crippen LogP contribution in [0.5, 0.6) is 5.75 Å². The number of terminal acetylenes is 1. The number of para-hydroxylation sites is 1. The quantitative estimate of drug-likeness (QED) is 0.567. The fourth-order valence-corrected chi connectivity index (χ4v) is 1.17. The van der Waals surface area contributed by atoms with Crippen LogP contribution >= 0.6 is 0 Å². The van der Waals surface area contributed by atoms with E-state index in [0.29, 0.717) is 13.2 Å². The highest BCUT2D eigenvalue weighted by molar-refractivity contribution is 5.32. The third-order valence-corrected chi connectivity index (χ3v) is 1.92. The van der Waals surface area contributed by atoms with Gasteiger partial charge >= 0.3 is 0 Å². The molecule has 0 saturated heterocycles. The average Bonchev–Trinajstić information content (AvgIpc) is 2.25. The number of ether oxygens (including phenoxy) is 1. The number of rotatable bonds is 5. The largest absolute Gasteiger partial charge is 0.493 e. The van der Waals surface area contributed by atoms with E-state index in [4.69, 9.17) is 16.9 Å². The third-order valence-electron chi connectivity index (χ3n) is 1.92. The van der Waals surface area contributed by atoms with Crippen molar-refractivity contribution in [3.05, 3.63) is 29.8 Å². The highest BCUT2D eigenvalue weighted by Gasteiger charge is 1.99. The molecule has 0 aliphatic carbocycles. The molecule has 1 aromatic rings. The van der Waals surface area contributed by atoms with Gasteiger partial charge in [-0.15, -0.1) is 12.3 Å². The van der Waals surface area contributed by atoms with Gasteiger partial charge in [-0.25, -0.2) is 0 Å². The Bertz CT molecular complexity index is 314. The Kier molecular flexibility index (Phi) is 4.60. The lowest BCUT2D eigenvalue weighted by Gasteiger charge is -2.08. The standard InChI is InChI=1S/C12H15NO/c1-2-3-6-9-14-12-8-5-4-7-11(12)10-13/h1,4-5,7-8H,3,6,9-10,13H2. The van der Waals surface area contributed by atoms with Crippen LogP contribution in [0.15, 0.2) is 24.3 Å². The van der Waals surface area contributed by atoms with Gasteiger partial charge in [0.15, 0.2) is 0 Å². The summed E-state index contributed by atoms with van der Waals surface area (Å²) in [4.78, 5) is 0. The summed E-state index contributed by atoms with van der Waals surface area (Å²) in [5, 5.41) is 0. The average molecular weight is 189 g/mol. The molecule has 74 valence electrons. The van der Waals surface area contributed by atoms with Crippen molar-refractivity contribution in [3.8, 4) is 18.1 Å². The normalized spacial score (nSPS) is 9.43. The van der Waals surface area contributed by atoms with E-state index in [-0.39, 0.29) is 0 Å². The maximum absolute atomic E-state index is 5.57. The molecule has 2 N–H and O–H groups in total. The highest BCUT2D eigenvalue weighted by Crippen LogP contribution is 2.17. The molecule has 0 atom stereocenters. The van der Waals surface area contributed by atoms with Gasteiger partial charge in [-0.1, -0.05) is 18.2 Å². The maximum atomic E-state index is 5.57. The van der Waals surface area contributed by atoms with Crippen molar-refractivity contribution in [2.45, 2.75) is 19.4 Å². The number of nitrogens with two attached hydrogens (primary N) is 1. The fourth-order valence-electron chi connectivity index (χ4n) is 1.17. The lowest BCUT2D eigenvalue weighted by atomic mass is 10.2. The summed E-state index contributed by atoms with van der Waals surface area (Å²) in [5.74, 6) is 3.45. The highest BCUT2D eigenvalue weighted by atomic mass is 16.5. The van der Waals surface area contributed by atoms with Gasteiger partial charge < -0.3 is 10.5 Å². The molecule has 0 saturated carbocycles. The molecule has 0 unspecified atom stereocenters. The van der Waals surface area contributed by atoms with Gasteiger partial charge in [-0.05, 0) is 12.5 Å². The summed E-state index contributed by atoms with van der Waals surface area (Å²) in [7, 11) is 0. The fraction of sp³-hybridized carbons (Fsp3) is 0.333. The predicted molar refractivity (Wildman–Crippen MR) is 57.9 cm³/mol. The number of unbranched alkanes of at least 4 members (excludes halogenated alkanes) is 1. The van der Waals surface area contributed by atoms with E-state index in [0.717, 1.165) is 24.2 Å². The second kappa shape index (κ2) is 6.06. The van der Waals surface area contributed by atoms with Crippen molar-refractivity contribution in [1.29, 1.82) is 0 Å². The number of hydrogen-bond donors (Lipinski definition) is 1. The van der Waals surface area contributed by atoms with Crippen molar-refractivity contribution in [1.82, 2.24) is 0 Å². The second-order valence-corrected chi connectivity index (χ2v) is 2.97. The zero-order valence-electron chi connectivity index (χ0n) is 8.20. The Hall–Kier alpha value is -1.46. The van der Waals surface area contributed by atoms with Gasteiger partial charge in [-0.2, -0.15) is 0 Å². The number of benzene rings is 1. The lowest BCUT2D eigenvalue weighted by Crippen LogP contribution is -2.03. The minimum Gasteiger partial charge on any atom is -0.493 e. The van der Waals surface area contributed by atoms with E-state index < -0.39 is 0 Å². The van der Waals surface area contributed by atoms with Crippen LogP contribution in [0.1, 0.15) is 18.4 Å². The maximum Gasteiger partial charge on any atom is 0.123 e. The summed E-state index contributed by atoms with van der Waals surface area (Å²) >= 11 is 0. The monoisotopic (exact) mass is 189 g/mol. The summed E-state index contributed by atoms with van der Waals surface area (Å²) in [6, 6.07) is 7.79. The van der Waals surface area contributed by atoms with E-state index in [1.807, 2.05) is 24.3 Å². The predicted octanol–water partition coefficient (Wildman–Crippen LogP) is 1.94. The first-order chi connectivity index (χ1) is 6.88. The van der Waals surface area contributed by atoms with Gasteiger partial charge in [0, 0.05) is 18.5 Å². The van der Waals surface area contributed by atoms with Gasteiger partial charge in [0.1, 0.15) is 5.75 Å². The first-order valence-corrected chi connectivity index (χ1v) is 4.72. The van der Waals surface area contributed by atoms with E-state index in [1.54, 1.807) is 0 Å². The molecule has 14 heavy (non-hydrogen) atoms. The molecule has 0 aliphatic heterocycles.